The number of rotatable bonds is 3. The molecular formula is C14H24O7. The summed E-state index contributed by atoms with van der Waals surface area (Å²) in [4.78, 5) is 11.1. The van der Waals surface area contributed by atoms with Crippen molar-refractivity contribution >= 4 is 5.97 Å². The van der Waals surface area contributed by atoms with Crippen LogP contribution in [-0.2, 0) is 23.7 Å². The molecule has 0 aromatic heterocycles. The highest BCUT2D eigenvalue weighted by Gasteiger charge is 2.51. The summed E-state index contributed by atoms with van der Waals surface area (Å²) in [7, 11) is 0. The predicted molar refractivity (Wildman–Crippen MR) is 71.5 cm³/mol. The second-order valence-corrected chi connectivity index (χ2v) is 6.57. The van der Waals surface area contributed by atoms with Crippen LogP contribution in [0, 0.1) is 5.92 Å². The molecule has 2 aliphatic rings. The van der Waals surface area contributed by atoms with Crippen LogP contribution in [0.25, 0.3) is 0 Å². The highest BCUT2D eigenvalue weighted by atomic mass is 16.8. The Bertz CT molecular complexity index is 406. The SMILES string of the molecule is C[C@@H]1[C@H]([C@@H](O)C(=O)O)OC(C)(C)O[C@@H]1[C@H]1COC(C)(C)O1. The van der Waals surface area contributed by atoms with E-state index in [1.165, 1.54) is 0 Å². The smallest absolute Gasteiger partial charge is 0.335 e. The van der Waals surface area contributed by atoms with E-state index in [0.29, 0.717) is 6.61 Å². The van der Waals surface area contributed by atoms with Gasteiger partial charge < -0.3 is 29.2 Å². The van der Waals surface area contributed by atoms with Crippen LogP contribution in [0.3, 0.4) is 0 Å². The molecule has 122 valence electrons. The summed E-state index contributed by atoms with van der Waals surface area (Å²) in [5.74, 6) is -3.37. The van der Waals surface area contributed by atoms with Crippen LogP contribution in [0.1, 0.15) is 34.6 Å². The van der Waals surface area contributed by atoms with Crippen molar-refractivity contribution in [3.8, 4) is 0 Å². The molecule has 2 rings (SSSR count). The van der Waals surface area contributed by atoms with E-state index >= 15 is 0 Å². The van der Waals surface area contributed by atoms with E-state index in [9.17, 15) is 9.90 Å². The molecule has 7 nitrogen and oxygen atoms in total. The van der Waals surface area contributed by atoms with Crippen molar-refractivity contribution in [2.45, 2.75) is 70.6 Å². The van der Waals surface area contributed by atoms with Crippen LogP contribution >= 0.6 is 0 Å². The number of carboxylic acid groups (broad SMARTS) is 1. The minimum Gasteiger partial charge on any atom is -0.479 e. The van der Waals surface area contributed by atoms with Crippen LogP contribution < -0.4 is 0 Å². The van der Waals surface area contributed by atoms with Gasteiger partial charge in [-0.3, -0.25) is 0 Å². The van der Waals surface area contributed by atoms with Gasteiger partial charge >= 0.3 is 5.97 Å². The van der Waals surface area contributed by atoms with Gasteiger partial charge in [0.05, 0.1) is 12.7 Å². The van der Waals surface area contributed by atoms with Gasteiger partial charge in [0.1, 0.15) is 12.2 Å². The summed E-state index contributed by atoms with van der Waals surface area (Å²) >= 11 is 0. The van der Waals surface area contributed by atoms with Gasteiger partial charge in [0.2, 0.25) is 0 Å². The third kappa shape index (κ3) is 3.54. The van der Waals surface area contributed by atoms with Gasteiger partial charge in [0.25, 0.3) is 0 Å². The Balaban J connectivity index is 2.19. The molecule has 7 heteroatoms. The normalized spacial score (nSPS) is 39.9. The fourth-order valence-electron chi connectivity index (χ4n) is 2.87. The number of aliphatic hydroxyl groups excluding tert-OH is 1. The predicted octanol–water partition coefficient (Wildman–Crippen LogP) is 0.740. The highest BCUT2D eigenvalue weighted by Crippen LogP contribution is 2.38. The number of hydrogen-bond donors (Lipinski definition) is 2. The fourth-order valence-corrected chi connectivity index (χ4v) is 2.87. The van der Waals surface area contributed by atoms with Crippen LogP contribution in [-0.4, -0.2) is 58.8 Å². The number of aliphatic carboxylic acids is 1. The molecule has 0 radical (unpaired) electrons. The van der Waals surface area contributed by atoms with Gasteiger partial charge in [0, 0.05) is 5.92 Å². The Morgan fingerprint density at radius 3 is 2.24 bits per heavy atom. The summed E-state index contributed by atoms with van der Waals surface area (Å²) < 4.78 is 22.8. The molecule has 0 aliphatic carbocycles. The van der Waals surface area contributed by atoms with E-state index < -0.39 is 35.9 Å². The van der Waals surface area contributed by atoms with E-state index in [4.69, 9.17) is 24.1 Å². The van der Waals surface area contributed by atoms with E-state index in [1.54, 1.807) is 20.8 Å². The maximum Gasteiger partial charge on any atom is 0.335 e. The number of hydrogen-bond acceptors (Lipinski definition) is 6. The molecule has 2 fully saturated rings. The standard InChI is InChI=1S/C14H24O7/c1-7-10(8-6-18-13(2,3)19-8)20-14(4,5)21-11(7)9(15)12(16)17/h7-11,15H,6H2,1-5H3,(H,16,17)/t7-,8+,9+,10-,11+/m0/s1. The van der Waals surface area contributed by atoms with E-state index in [1.807, 2.05) is 13.8 Å². The first-order chi connectivity index (χ1) is 9.52. The zero-order valence-corrected chi connectivity index (χ0v) is 13.0. The molecule has 2 heterocycles. The maximum absolute atomic E-state index is 11.1. The van der Waals surface area contributed by atoms with Crippen molar-refractivity contribution in [3.63, 3.8) is 0 Å². The largest absolute Gasteiger partial charge is 0.479 e. The molecule has 0 aromatic carbocycles. The van der Waals surface area contributed by atoms with Crippen molar-refractivity contribution in [1.29, 1.82) is 0 Å². The number of ether oxygens (including phenoxy) is 4. The minimum absolute atomic E-state index is 0.332. The topological polar surface area (TPSA) is 94.5 Å². The molecule has 5 atom stereocenters. The molecule has 21 heavy (non-hydrogen) atoms. The molecule has 2 aliphatic heterocycles. The molecule has 2 N–H and O–H groups in total. The highest BCUT2D eigenvalue weighted by molar-refractivity contribution is 5.72. The maximum atomic E-state index is 11.1. The quantitative estimate of drug-likeness (QED) is 0.794. The van der Waals surface area contributed by atoms with Gasteiger partial charge in [-0.2, -0.15) is 0 Å². The average molecular weight is 304 g/mol. The van der Waals surface area contributed by atoms with E-state index in [2.05, 4.69) is 0 Å². The van der Waals surface area contributed by atoms with E-state index in [0.717, 1.165) is 0 Å². The second kappa shape index (κ2) is 5.48. The second-order valence-electron chi connectivity index (χ2n) is 6.57. The summed E-state index contributed by atoms with van der Waals surface area (Å²) in [6, 6.07) is 0. The summed E-state index contributed by atoms with van der Waals surface area (Å²) in [6.07, 6.45) is -3.24. The van der Waals surface area contributed by atoms with Gasteiger partial charge in [-0.25, -0.2) is 4.79 Å². The van der Waals surface area contributed by atoms with Crippen LogP contribution in [0.2, 0.25) is 0 Å². The number of carboxylic acids is 1. The summed E-state index contributed by atoms with van der Waals surface area (Å²) in [5.41, 5.74) is 0. The monoisotopic (exact) mass is 304 g/mol. The lowest BCUT2D eigenvalue weighted by Gasteiger charge is -2.47. The molecule has 0 aromatic rings. The molecule has 0 amide bonds. The number of aliphatic hydroxyl groups is 1. The Kier molecular flexibility index (Phi) is 4.34. The lowest BCUT2D eigenvalue weighted by atomic mass is 9.89. The van der Waals surface area contributed by atoms with Gasteiger partial charge in [-0.15, -0.1) is 0 Å². The molecular weight excluding hydrogens is 280 g/mol. The Morgan fingerprint density at radius 2 is 1.76 bits per heavy atom. The third-order valence-corrected chi connectivity index (χ3v) is 3.84. The van der Waals surface area contributed by atoms with Crippen molar-refractivity contribution in [2.24, 2.45) is 5.92 Å². The van der Waals surface area contributed by atoms with Crippen LogP contribution in [0.15, 0.2) is 0 Å². The number of carbonyl (C=O) groups is 1. The average Bonchev–Trinajstić information content (AvgIpc) is 2.71. The van der Waals surface area contributed by atoms with Crippen molar-refractivity contribution in [2.75, 3.05) is 6.61 Å². The Hall–Kier alpha value is -0.730. The van der Waals surface area contributed by atoms with Crippen molar-refractivity contribution in [3.05, 3.63) is 0 Å². The lowest BCUT2D eigenvalue weighted by Crippen LogP contribution is -2.59. The Morgan fingerprint density at radius 1 is 1.14 bits per heavy atom. The zero-order chi connectivity index (χ0) is 16.0. The molecule has 0 unspecified atom stereocenters. The molecule has 2 saturated heterocycles. The van der Waals surface area contributed by atoms with Gasteiger partial charge in [0.15, 0.2) is 17.7 Å². The Labute approximate surface area is 124 Å². The van der Waals surface area contributed by atoms with E-state index in [-0.39, 0.29) is 12.0 Å². The van der Waals surface area contributed by atoms with Crippen molar-refractivity contribution in [1.82, 2.24) is 0 Å². The molecule has 0 spiro atoms. The first-order valence-corrected chi connectivity index (χ1v) is 7.11. The first kappa shape index (κ1) is 16.6. The van der Waals surface area contributed by atoms with Crippen LogP contribution in [0.5, 0.6) is 0 Å². The van der Waals surface area contributed by atoms with Gasteiger partial charge in [-0.05, 0) is 27.7 Å². The summed E-state index contributed by atoms with van der Waals surface area (Å²) in [6.45, 7) is 9.14. The first-order valence-electron chi connectivity index (χ1n) is 7.11. The van der Waals surface area contributed by atoms with Gasteiger partial charge in [-0.1, -0.05) is 6.92 Å². The molecule has 0 saturated carbocycles. The third-order valence-electron chi connectivity index (χ3n) is 3.84. The molecule has 0 bridgehead atoms. The lowest BCUT2D eigenvalue weighted by molar-refractivity contribution is -0.344. The van der Waals surface area contributed by atoms with Crippen molar-refractivity contribution < 1.29 is 34.0 Å². The minimum atomic E-state index is -1.61. The fraction of sp³-hybridized carbons (Fsp3) is 0.929. The summed E-state index contributed by atoms with van der Waals surface area (Å²) in [5, 5.41) is 18.9. The van der Waals surface area contributed by atoms with Crippen LogP contribution in [0.4, 0.5) is 0 Å². The zero-order valence-electron chi connectivity index (χ0n) is 13.0.